The Hall–Kier alpha value is -1.78. The van der Waals surface area contributed by atoms with Crippen LogP contribution in [0.3, 0.4) is 0 Å². The molecule has 2 aromatic rings. The van der Waals surface area contributed by atoms with E-state index in [9.17, 15) is 9.18 Å². The van der Waals surface area contributed by atoms with E-state index in [1.807, 2.05) is 0 Å². The molecule has 0 fully saturated rings. The van der Waals surface area contributed by atoms with Gasteiger partial charge in [-0.1, -0.05) is 35.3 Å². The maximum atomic E-state index is 13.6. The van der Waals surface area contributed by atoms with Crippen LogP contribution in [0.4, 0.5) is 10.1 Å². The van der Waals surface area contributed by atoms with E-state index < -0.39 is 17.9 Å². The van der Waals surface area contributed by atoms with Gasteiger partial charge in [-0.05, 0) is 29.8 Å². The van der Waals surface area contributed by atoms with Crippen LogP contribution in [0.5, 0.6) is 0 Å². The zero-order valence-electron chi connectivity index (χ0n) is 10.1. The van der Waals surface area contributed by atoms with Gasteiger partial charge in [-0.2, -0.15) is 0 Å². The average molecular weight is 311 g/mol. The maximum absolute atomic E-state index is 13.6. The molecule has 1 amide bonds. The Morgan fingerprint density at radius 2 is 1.85 bits per heavy atom. The highest BCUT2D eigenvalue weighted by atomic mass is 35.5. The molecule has 20 heavy (non-hydrogen) atoms. The molecule has 1 heterocycles. The average Bonchev–Trinajstić information content (AvgIpc) is 2.41. The second kappa shape index (κ2) is 4.96. The molecule has 2 N–H and O–H groups in total. The van der Waals surface area contributed by atoms with Crippen molar-refractivity contribution >= 4 is 34.8 Å². The summed E-state index contributed by atoms with van der Waals surface area (Å²) in [6.45, 7) is 0. The van der Waals surface area contributed by atoms with Crippen molar-refractivity contribution in [3.63, 3.8) is 0 Å². The number of carbonyl (C=O) groups is 1. The fourth-order valence-corrected chi connectivity index (χ4v) is 2.44. The van der Waals surface area contributed by atoms with Crippen LogP contribution in [0.2, 0.25) is 10.0 Å². The lowest BCUT2D eigenvalue weighted by atomic mass is 10.1. The van der Waals surface area contributed by atoms with Crippen LogP contribution in [0.1, 0.15) is 22.1 Å². The third-order valence-corrected chi connectivity index (χ3v) is 3.83. The van der Waals surface area contributed by atoms with E-state index in [0.29, 0.717) is 15.7 Å². The number of amides is 1. The largest absolute Gasteiger partial charge is 0.361 e. The van der Waals surface area contributed by atoms with Gasteiger partial charge < -0.3 is 10.6 Å². The highest BCUT2D eigenvalue weighted by Gasteiger charge is 2.27. The number of carbonyl (C=O) groups excluding carboxylic acids is 1. The summed E-state index contributed by atoms with van der Waals surface area (Å²) in [5, 5.41) is 6.57. The van der Waals surface area contributed by atoms with E-state index in [2.05, 4.69) is 10.6 Å². The van der Waals surface area contributed by atoms with Crippen molar-refractivity contribution < 1.29 is 9.18 Å². The van der Waals surface area contributed by atoms with E-state index in [0.717, 1.165) is 5.56 Å². The SMILES string of the molecule is O=C1N[C@H](c2ccc(Cl)c(Cl)c2)Nc2cccc(F)c21. The molecule has 3 rings (SSSR count). The lowest BCUT2D eigenvalue weighted by molar-refractivity contribution is 0.0931. The number of hydrogen-bond acceptors (Lipinski definition) is 2. The van der Waals surface area contributed by atoms with Gasteiger partial charge in [-0.25, -0.2) is 4.39 Å². The lowest BCUT2D eigenvalue weighted by Gasteiger charge is -2.28. The normalized spacial score (nSPS) is 17.1. The molecule has 0 spiro atoms. The van der Waals surface area contributed by atoms with Gasteiger partial charge in [-0.3, -0.25) is 4.79 Å². The second-order valence-electron chi connectivity index (χ2n) is 4.39. The zero-order chi connectivity index (χ0) is 14.3. The molecule has 0 radical (unpaired) electrons. The Morgan fingerprint density at radius 1 is 1.05 bits per heavy atom. The van der Waals surface area contributed by atoms with Crippen molar-refractivity contribution in [1.82, 2.24) is 5.32 Å². The van der Waals surface area contributed by atoms with Crippen molar-refractivity contribution in [2.75, 3.05) is 5.32 Å². The van der Waals surface area contributed by atoms with Crippen molar-refractivity contribution in [2.45, 2.75) is 6.17 Å². The predicted octanol–water partition coefficient (Wildman–Crippen LogP) is 3.99. The van der Waals surface area contributed by atoms with Crippen LogP contribution in [0.15, 0.2) is 36.4 Å². The molecule has 102 valence electrons. The van der Waals surface area contributed by atoms with Gasteiger partial charge in [0.25, 0.3) is 5.91 Å². The third kappa shape index (κ3) is 2.21. The molecule has 0 unspecified atom stereocenters. The van der Waals surface area contributed by atoms with Crippen LogP contribution in [0.25, 0.3) is 0 Å². The molecule has 0 aliphatic carbocycles. The number of anilines is 1. The number of benzene rings is 2. The minimum atomic E-state index is -0.555. The van der Waals surface area contributed by atoms with Crippen LogP contribution in [-0.2, 0) is 0 Å². The highest BCUT2D eigenvalue weighted by molar-refractivity contribution is 6.42. The van der Waals surface area contributed by atoms with Crippen LogP contribution in [-0.4, -0.2) is 5.91 Å². The van der Waals surface area contributed by atoms with Crippen LogP contribution in [0, 0.1) is 5.82 Å². The van der Waals surface area contributed by atoms with E-state index in [-0.39, 0.29) is 5.56 Å². The first kappa shape index (κ1) is 13.2. The zero-order valence-corrected chi connectivity index (χ0v) is 11.6. The number of nitrogens with one attached hydrogen (secondary N) is 2. The summed E-state index contributed by atoms with van der Waals surface area (Å²) in [6, 6.07) is 9.50. The standard InChI is InChI=1S/C14H9Cl2FN2O/c15-8-5-4-7(6-9(8)16)13-18-11-3-1-2-10(17)12(11)14(20)19-13/h1-6,13,18H,(H,19,20)/t13-/m1/s1. The van der Waals surface area contributed by atoms with E-state index in [1.165, 1.54) is 6.07 Å². The fourth-order valence-electron chi connectivity index (χ4n) is 2.13. The molecule has 1 aliphatic heterocycles. The Kier molecular flexibility index (Phi) is 3.28. The first-order valence-electron chi connectivity index (χ1n) is 5.87. The summed E-state index contributed by atoms with van der Waals surface area (Å²) in [4.78, 5) is 12.0. The maximum Gasteiger partial charge on any atom is 0.258 e. The number of hydrogen-bond donors (Lipinski definition) is 2. The number of fused-ring (bicyclic) bond motifs is 1. The lowest BCUT2D eigenvalue weighted by Crippen LogP contribution is -2.39. The van der Waals surface area contributed by atoms with Crippen molar-refractivity contribution in [1.29, 1.82) is 0 Å². The van der Waals surface area contributed by atoms with Gasteiger partial charge in [0.1, 0.15) is 12.0 Å². The molecule has 1 aliphatic rings. The number of halogens is 3. The third-order valence-electron chi connectivity index (χ3n) is 3.09. The molecule has 0 saturated carbocycles. The molecule has 0 aromatic heterocycles. The summed E-state index contributed by atoms with van der Waals surface area (Å²) < 4.78 is 13.6. The van der Waals surface area contributed by atoms with E-state index in [1.54, 1.807) is 30.3 Å². The molecule has 3 nitrogen and oxygen atoms in total. The molecule has 0 saturated heterocycles. The monoisotopic (exact) mass is 310 g/mol. The first-order valence-corrected chi connectivity index (χ1v) is 6.63. The van der Waals surface area contributed by atoms with Crippen molar-refractivity contribution in [3.8, 4) is 0 Å². The Morgan fingerprint density at radius 3 is 2.60 bits per heavy atom. The molecule has 0 bridgehead atoms. The molecule has 6 heteroatoms. The quantitative estimate of drug-likeness (QED) is 0.836. The summed E-state index contributed by atoms with van der Waals surface area (Å²) in [7, 11) is 0. The first-order chi connectivity index (χ1) is 9.56. The molecule has 2 aromatic carbocycles. The van der Waals surface area contributed by atoms with E-state index >= 15 is 0 Å². The van der Waals surface area contributed by atoms with Crippen molar-refractivity contribution in [3.05, 3.63) is 63.4 Å². The van der Waals surface area contributed by atoms with E-state index in [4.69, 9.17) is 23.2 Å². The van der Waals surface area contributed by atoms with Gasteiger partial charge in [0, 0.05) is 0 Å². The highest BCUT2D eigenvalue weighted by Crippen LogP contribution is 2.31. The summed E-state index contributed by atoms with van der Waals surface area (Å²) in [5.74, 6) is -1.02. The summed E-state index contributed by atoms with van der Waals surface area (Å²) in [5.41, 5.74) is 1.20. The Labute approximate surface area is 124 Å². The summed E-state index contributed by atoms with van der Waals surface area (Å²) >= 11 is 11.8. The summed E-state index contributed by atoms with van der Waals surface area (Å²) in [6.07, 6.45) is -0.480. The van der Waals surface area contributed by atoms with Crippen molar-refractivity contribution in [2.24, 2.45) is 0 Å². The van der Waals surface area contributed by atoms with Crippen LogP contribution >= 0.6 is 23.2 Å². The van der Waals surface area contributed by atoms with Gasteiger partial charge in [-0.15, -0.1) is 0 Å². The number of rotatable bonds is 1. The van der Waals surface area contributed by atoms with Crippen LogP contribution < -0.4 is 10.6 Å². The van der Waals surface area contributed by atoms with Gasteiger partial charge >= 0.3 is 0 Å². The Balaban J connectivity index is 1.99. The van der Waals surface area contributed by atoms with Gasteiger partial charge in [0.15, 0.2) is 0 Å². The molecule has 1 atom stereocenters. The smallest absolute Gasteiger partial charge is 0.258 e. The fraction of sp³-hybridized carbons (Fsp3) is 0.0714. The van der Waals surface area contributed by atoms with Gasteiger partial charge in [0.05, 0.1) is 21.3 Å². The minimum Gasteiger partial charge on any atom is -0.361 e. The Bertz CT molecular complexity index is 706. The predicted molar refractivity (Wildman–Crippen MR) is 76.7 cm³/mol. The second-order valence-corrected chi connectivity index (χ2v) is 5.20. The molecular formula is C14H9Cl2FN2O. The molecular weight excluding hydrogens is 302 g/mol. The minimum absolute atomic E-state index is 0.0174. The van der Waals surface area contributed by atoms with Gasteiger partial charge in [0.2, 0.25) is 0 Å². The topological polar surface area (TPSA) is 41.1 Å².